The Morgan fingerprint density at radius 3 is 2.45 bits per heavy atom. The van der Waals surface area contributed by atoms with Crippen molar-refractivity contribution in [1.29, 1.82) is 5.26 Å². The fourth-order valence-corrected chi connectivity index (χ4v) is 4.00. The molecule has 1 aliphatic rings. The fraction of sp³-hybridized carbons (Fsp3) is 0.179. The molecule has 0 fully saturated rings. The summed E-state index contributed by atoms with van der Waals surface area (Å²) in [5, 5.41) is 15.9. The number of hydrogen-bond donors (Lipinski definition) is 1. The summed E-state index contributed by atoms with van der Waals surface area (Å²) < 4.78 is 31.2. The number of nitriles is 1. The van der Waals surface area contributed by atoms with Gasteiger partial charge in [-0.2, -0.15) is 19.1 Å². The number of carbonyl (C=O) groups excluding carboxylic acids is 2. The lowest BCUT2D eigenvalue weighted by molar-refractivity contribution is 0.0425. The summed E-state index contributed by atoms with van der Waals surface area (Å²) in [4.78, 5) is 31.7. The van der Waals surface area contributed by atoms with Crippen LogP contribution in [0.2, 0.25) is 0 Å². The third kappa shape index (κ3) is 4.99. The van der Waals surface area contributed by atoms with E-state index >= 15 is 0 Å². The molecule has 2 amide bonds. The molecule has 10 heteroatoms. The van der Waals surface area contributed by atoms with Crippen molar-refractivity contribution in [2.24, 2.45) is 0 Å². The van der Waals surface area contributed by atoms with Crippen molar-refractivity contribution >= 4 is 23.3 Å². The van der Waals surface area contributed by atoms with Gasteiger partial charge in [0.15, 0.2) is 0 Å². The highest BCUT2D eigenvalue weighted by molar-refractivity contribution is 6.15. The zero-order valence-corrected chi connectivity index (χ0v) is 20.7. The first-order chi connectivity index (χ1) is 18.4. The number of carbonyl (C=O) groups is 2. The van der Waals surface area contributed by atoms with Crippen LogP contribution in [0, 0.1) is 11.3 Å². The Morgan fingerprint density at radius 1 is 1.00 bits per heavy atom. The highest BCUT2D eigenvalue weighted by Crippen LogP contribution is 2.35. The molecule has 38 heavy (non-hydrogen) atoms. The van der Waals surface area contributed by atoms with E-state index in [0.717, 1.165) is 6.20 Å². The highest BCUT2D eigenvalue weighted by Gasteiger charge is 2.36. The van der Waals surface area contributed by atoms with E-state index in [9.17, 15) is 18.4 Å². The van der Waals surface area contributed by atoms with Crippen molar-refractivity contribution in [1.82, 2.24) is 14.8 Å². The van der Waals surface area contributed by atoms with Crippen molar-refractivity contribution in [3.8, 4) is 6.07 Å². The van der Waals surface area contributed by atoms with Gasteiger partial charge in [0.25, 0.3) is 17.7 Å². The number of pyridine rings is 1. The Morgan fingerprint density at radius 2 is 1.76 bits per heavy atom. The number of amides is 2. The number of hydrogen-bond acceptors (Lipinski definition) is 5. The van der Waals surface area contributed by atoms with Crippen molar-refractivity contribution in [3.05, 3.63) is 107 Å². The molecule has 1 N–H and O–H groups in total. The van der Waals surface area contributed by atoms with Crippen molar-refractivity contribution in [2.75, 3.05) is 16.8 Å². The van der Waals surface area contributed by atoms with Gasteiger partial charge in [0.1, 0.15) is 11.5 Å². The second kappa shape index (κ2) is 11.0. The van der Waals surface area contributed by atoms with Crippen molar-refractivity contribution in [3.63, 3.8) is 0 Å². The van der Waals surface area contributed by atoms with E-state index < -0.39 is 17.7 Å². The minimum absolute atomic E-state index is 0.0549. The number of benzene rings is 2. The largest absolute Gasteiger partial charge is 0.322 e. The minimum Gasteiger partial charge on any atom is -0.322 e. The molecule has 0 radical (unpaired) electrons. The first-order valence-electron chi connectivity index (χ1n) is 12.0. The molecule has 3 heterocycles. The van der Waals surface area contributed by atoms with E-state index in [1.54, 1.807) is 24.3 Å². The lowest BCUT2D eigenvalue weighted by Gasteiger charge is -2.27. The van der Waals surface area contributed by atoms with Crippen molar-refractivity contribution in [2.45, 2.75) is 26.3 Å². The zero-order valence-electron chi connectivity index (χ0n) is 20.7. The number of rotatable bonds is 5. The smallest absolute Gasteiger partial charge is 0.299 e. The van der Waals surface area contributed by atoms with Crippen LogP contribution in [0.4, 0.5) is 20.3 Å². The Balaban J connectivity index is 0.00000164. The molecule has 2 aromatic heterocycles. The molecule has 1 aliphatic heterocycles. The molecular formula is C28H24F2N6O2. The van der Waals surface area contributed by atoms with Gasteiger partial charge in [-0.25, -0.2) is 4.98 Å². The molecule has 0 spiro atoms. The monoisotopic (exact) mass is 514 g/mol. The van der Waals surface area contributed by atoms with Gasteiger partial charge in [-0.3, -0.25) is 19.2 Å². The summed E-state index contributed by atoms with van der Waals surface area (Å²) in [7, 11) is 0. The Labute approximate surface area is 218 Å². The predicted molar refractivity (Wildman–Crippen MR) is 138 cm³/mol. The maximum atomic E-state index is 14.9. The van der Waals surface area contributed by atoms with E-state index in [4.69, 9.17) is 5.26 Å². The van der Waals surface area contributed by atoms with Gasteiger partial charge in [-0.05, 0) is 30.3 Å². The van der Waals surface area contributed by atoms with Crippen molar-refractivity contribution < 1.29 is 18.4 Å². The number of aromatic nitrogens is 3. The fourth-order valence-electron chi connectivity index (χ4n) is 4.00. The summed E-state index contributed by atoms with van der Waals surface area (Å²) in [6, 6.07) is 18.4. The van der Waals surface area contributed by atoms with Gasteiger partial charge in [-0.1, -0.05) is 50.2 Å². The van der Waals surface area contributed by atoms with Gasteiger partial charge in [0.2, 0.25) is 0 Å². The van der Waals surface area contributed by atoms with Crippen LogP contribution in [0.5, 0.6) is 0 Å². The molecule has 0 saturated carbocycles. The predicted octanol–water partition coefficient (Wildman–Crippen LogP) is 5.23. The molecule has 192 valence electrons. The average Bonchev–Trinajstić information content (AvgIpc) is 3.40. The standard InChI is InChI=1S/C26H18F2N6O2.C2H6/c27-26(28,18-6-2-1-3-7-18)19-9-10-22(30-15-19)33-11-12-34-23(25(33)36)21(16-31-34)24(35)32-20-8-4-5-17(13-20)14-29;1-2/h1-10,13,15-16H,11-12H2,(H,32,35);1-2H3. The number of halogens is 2. The van der Waals surface area contributed by atoms with E-state index in [1.165, 1.54) is 58.2 Å². The quantitative estimate of drug-likeness (QED) is 0.393. The minimum atomic E-state index is -3.24. The first-order valence-corrected chi connectivity index (χ1v) is 12.0. The SMILES string of the molecule is CC.N#Cc1cccc(NC(=O)c2cnn3c2C(=O)N(c2ccc(C(F)(F)c4ccccc4)cn2)CC3)c1. The van der Waals surface area contributed by atoms with Crippen LogP contribution in [0.25, 0.3) is 0 Å². The van der Waals surface area contributed by atoms with Gasteiger partial charge >= 0.3 is 0 Å². The van der Waals surface area contributed by atoms with Crippen LogP contribution in [0.3, 0.4) is 0 Å². The molecule has 0 aliphatic carbocycles. The average molecular weight is 515 g/mol. The van der Waals surface area contributed by atoms with Gasteiger partial charge < -0.3 is 5.32 Å². The molecule has 8 nitrogen and oxygen atoms in total. The summed E-state index contributed by atoms with van der Waals surface area (Å²) in [6.07, 6.45) is 2.36. The third-order valence-electron chi connectivity index (χ3n) is 5.84. The number of alkyl halides is 2. The van der Waals surface area contributed by atoms with Gasteiger partial charge in [0, 0.05) is 29.6 Å². The van der Waals surface area contributed by atoms with Crippen LogP contribution in [-0.2, 0) is 12.5 Å². The van der Waals surface area contributed by atoms with Gasteiger partial charge in [-0.15, -0.1) is 0 Å². The van der Waals surface area contributed by atoms with E-state index in [-0.39, 0.29) is 34.7 Å². The summed E-state index contributed by atoms with van der Waals surface area (Å²) in [6.45, 7) is 4.50. The summed E-state index contributed by atoms with van der Waals surface area (Å²) >= 11 is 0. The van der Waals surface area contributed by atoms with Crippen LogP contribution in [-0.4, -0.2) is 33.1 Å². The second-order valence-electron chi connectivity index (χ2n) is 8.08. The summed E-state index contributed by atoms with van der Waals surface area (Å²) in [5.41, 5.74) is 0.435. The van der Waals surface area contributed by atoms with E-state index in [1.807, 2.05) is 19.9 Å². The van der Waals surface area contributed by atoms with E-state index in [2.05, 4.69) is 15.4 Å². The molecule has 0 unspecified atom stereocenters. The Hall–Kier alpha value is -4.91. The summed E-state index contributed by atoms with van der Waals surface area (Å²) in [5.74, 6) is -4.14. The van der Waals surface area contributed by atoms with Gasteiger partial charge in [0.05, 0.1) is 29.9 Å². The number of nitrogens with one attached hydrogen (secondary N) is 1. The molecular weight excluding hydrogens is 490 g/mol. The topological polar surface area (TPSA) is 104 Å². The van der Waals surface area contributed by atoms with Crippen LogP contribution in [0.1, 0.15) is 51.4 Å². The maximum Gasteiger partial charge on any atom is 0.299 e. The molecule has 2 aromatic carbocycles. The maximum absolute atomic E-state index is 14.9. The van der Waals surface area contributed by atoms with Crippen LogP contribution < -0.4 is 10.2 Å². The second-order valence-corrected chi connectivity index (χ2v) is 8.08. The third-order valence-corrected chi connectivity index (χ3v) is 5.84. The highest BCUT2D eigenvalue weighted by atomic mass is 19.3. The zero-order chi connectivity index (χ0) is 27.3. The molecule has 0 saturated heterocycles. The normalized spacial score (nSPS) is 12.6. The Kier molecular flexibility index (Phi) is 7.58. The number of anilines is 2. The lowest BCUT2D eigenvalue weighted by atomic mass is 10.0. The molecule has 5 rings (SSSR count). The number of nitrogens with zero attached hydrogens (tertiary/aromatic N) is 5. The lowest BCUT2D eigenvalue weighted by Crippen LogP contribution is -2.42. The first kappa shape index (κ1) is 26.2. The molecule has 0 atom stereocenters. The van der Waals surface area contributed by atoms with Crippen LogP contribution >= 0.6 is 0 Å². The molecule has 4 aromatic rings. The molecule has 0 bridgehead atoms. The Bertz CT molecular complexity index is 1490. The number of fused-ring (bicyclic) bond motifs is 1. The van der Waals surface area contributed by atoms with E-state index in [0.29, 0.717) is 17.8 Å². The van der Waals surface area contributed by atoms with Crippen LogP contribution in [0.15, 0.2) is 79.1 Å².